The van der Waals surface area contributed by atoms with Crippen molar-refractivity contribution in [3.8, 4) is 5.75 Å². The van der Waals surface area contributed by atoms with Crippen molar-refractivity contribution in [1.29, 1.82) is 0 Å². The quantitative estimate of drug-likeness (QED) is 0.688. The molecular formula is C14H23NO3. The van der Waals surface area contributed by atoms with Gasteiger partial charge in [-0.05, 0) is 26.0 Å². The van der Waals surface area contributed by atoms with Gasteiger partial charge in [-0.15, -0.1) is 0 Å². The molecule has 1 unspecified atom stereocenters. The predicted molar refractivity (Wildman–Crippen MR) is 71.9 cm³/mol. The highest BCUT2D eigenvalue weighted by atomic mass is 16.5. The zero-order chi connectivity index (χ0) is 13.4. The van der Waals surface area contributed by atoms with Gasteiger partial charge in [0.2, 0.25) is 0 Å². The Kier molecular flexibility index (Phi) is 6.12. The van der Waals surface area contributed by atoms with E-state index in [4.69, 9.17) is 9.47 Å². The summed E-state index contributed by atoms with van der Waals surface area (Å²) in [6.07, 6.45) is -0.588. The van der Waals surface area contributed by atoms with E-state index in [0.29, 0.717) is 13.2 Å². The molecule has 2 N–H and O–H groups in total. The summed E-state index contributed by atoms with van der Waals surface area (Å²) < 4.78 is 10.7. The van der Waals surface area contributed by atoms with Gasteiger partial charge in [-0.25, -0.2) is 0 Å². The lowest BCUT2D eigenvalue weighted by molar-refractivity contribution is -0.0274. The van der Waals surface area contributed by atoms with Crippen molar-refractivity contribution in [3.63, 3.8) is 0 Å². The van der Waals surface area contributed by atoms with E-state index < -0.39 is 11.7 Å². The molecule has 1 aromatic carbocycles. The van der Waals surface area contributed by atoms with Gasteiger partial charge in [0.15, 0.2) is 0 Å². The normalized spacial score (nSPS) is 13.3. The fraction of sp³-hybridized carbons (Fsp3) is 0.571. The number of para-hydroxylation sites is 1. The number of aliphatic hydroxyl groups excluding tert-OH is 1. The Morgan fingerprint density at radius 3 is 2.56 bits per heavy atom. The van der Waals surface area contributed by atoms with Crippen molar-refractivity contribution in [2.45, 2.75) is 25.6 Å². The molecule has 18 heavy (non-hydrogen) atoms. The summed E-state index contributed by atoms with van der Waals surface area (Å²) >= 11 is 0. The van der Waals surface area contributed by atoms with Crippen LogP contribution in [0.3, 0.4) is 0 Å². The maximum Gasteiger partial charge on any atom is 0.130 e. The Morgan fingerprint density at radius 1 is 1.28 bits per heavy atom. The highest BCUT2D eigenvalue weighted by Crippen LogP contribution is 2.20. The molecule has 1 atom stereocenters. The lowest BCUT2D eigenvalue weighted by atomic mass is 10.0. The van der Waals surface area contributed by atoms with E-state index >= 15 is 0 Å². The third-order valence-corrected chi connectivity index (χ3v) is 2.75. The van der Waals surface area contributed by atoms with Crippen LogP contribution < -0.4 is 10.1 Å². The van der Waals surface area contributed by atoms with Crippen molar-refractivity contribution >= 4 is 0 Å². The lowest BCUT2D eigenvalue weighted by Crippen LogP contribution is -2.47. The van der Waals surface area contributed by atoms with Crippen LogP contribution in [-0.2, 0) is 4.74 Å². The maximum absolute atomic E-state index is 10.1. The lowest BCUT2D eigenvalue weighted by Gasteiger charge is -2.31. The molecule has 0 heterocycles. The van der Waals surface area contributed by atoms with Crippen LogP contribution in [0.2, 0.25) is 0 Å². The second-order valence-corrected chi connectivity index (χ2v) is 4.73. The minimum Gasteiger partial charge on any atom is -0.485 e. The van der Waals surface area contributed by atoms with E-state index in [2.05, 4.69) is 5.32 Å². The zero-order valence-corrected chi connectivity index (χ0v) is 11.3. The van der Waals surface area contributed by atoms with Crippen LogP contribution in [-0.4, -0.2) is 43.6 Å². The first-order chi connectivity index (χ1) is 8.56. The highest BCUT2D eigenvalue weighted by molar-refractivity contribution is 5.22. The van der Waals surface area contributed by atoms with E-state index in [1.807, 2.05) is 44.2 Å². The molecule has 102 valence electrons. The Hall–Kier alpha value is -1.10. The van der Waals surface area contributed by atoms with Gasteiger partial charge in [0, 0.05) is 20.2 Å². The van der Waals surface area contributed by atoms with Crippen LogP contribution in [0.4, 0.5) is 0 Å². The first-order valence-corrected chi connectivity index (χ1v) is 6.18. The van der Waals surface area contributed by atoms with Crippen LogP contribution >= 0.6 is 0 Å². The second kappa shape index (κ2) is 7.36. The summed E-state index contributed by atoms with van der Waals surface area (Å²) in [5.74, 6) is 0.762. The molecule has 0 bridgehead atoms. The summed E-state index contributed by atoms with van der Waals surface area (Å²) in [7, 11) is 1.65. The number of benzene rings is 1. The molecule has 0 aliphatic carbocycles. The topological polar surface area (TPSA) is 50.7 Å². The summed E-state index contributed by atoms with van der Waals surface area (Å²) in [6.45, 7) is 5.58. The monoisotopic (exact) mass is 253 g/mol. The average Bonchev–Trinajstić information content (AvgIpc) is 2.35. The van der Waals surface area contributed by atoms with Gasteiger partial charge in [0.25, 0.3) is 0 Å². The van der Waals surface area contributed by atoms with Crippen molar-refractivity contribution in [2.75, 3.05) is 26.8 Å². The standard InChI is InChI=1S/C14H23NO3/c1-14(2,13(16)11-15-9-10-17-3)18-12-7-5-4-6-8-12/h4-8,13,15-16H,9-11H2,1-3H3. The van der Waals surface area contributed by atoms with Crippen LogP contribution in [0.15, 0.2) is 30.3 Å². The largest absolute Gasteiger partial charge is 0.485 e. The molecule has 0 fully saturated rings. The zero-order valence-electron chi connectivity index (χ0n) is 11.3. The number of rotatable bonds is 8. The number of hydrogen-bond acceptors (Lipinski definition) is 4. The van der Waals surface area contributed by atoms with E-state index in [0.717, 1.165) is 12.3 Å². The SMILES string of the molecule is COCCNCC(O)C(C)(C)Oc1ccccc1. The third-order valence-electron chi connectivity index (χ3n) is 2.75. The van der Waals surface area contributed by atoms with Gasteiger partial charge in [0.05, 0.1) is 6.61 Å². The van der Waals surface area contributed by atoms with Crippen LogP contribution in [0.1, 0.15) is 13.8 Å². The molecule has 0 aromatic heterocycles. The van der Waals surface area contributed by atoms with Gasteiger partial charge < -0.3 is 19.9 Å². The smallest absolute Gasteiger partial charge is 0.130 e. The maximum atomic E-state index is 10.1. The molecule has 1 aromatic rings. The number of ether oxygens (including phenoxy) is 2. The number of aliphatic hydroxyl groups is 1. The molecule has 0 aliphatic rings. The molecular weight excluding hydrogens is 230 g/mol. The van der Waals surface area contributed by atoms with Gasteiger partial charge in [0.1, 0.15) is 17.5 Å². The first-order valence-electron chi connectivity index (χ1n) is 6.18. The van der Waals surface area contributed by atoms with Crippen molar-refractivity contribution in [3.05, 3.63) is 30.3 Å². The summed E-state index contributed by atoms with van der Waals surface area (Å²) in [4.78, 5) is 0. The summed E-state index contributed by atoms with van der Waals surface area (Å²) in [5, 5.41) is 13.2. The molecule has 0 spiro atoms. The Balaban J connectivity index is 2.42. The number of methoxy groups -OCH3 is 1. The fourth-order valence-electron chi connectivity index (χ4n) is 1.52. The predicted octanol–water partition coefficient (Wildman–Crippen LogP) is 1.44. The molecule has 1 rings (SSSR count). The van der Waals surface area contributed by atoms with E-state index in [1.165, 1.54) is 0 Å². The Labute approximate surface area is 109 Å². The Morgan fingerprint density at radius 2 is 1.94 bits per heavy atom. The van der Waals surface area contributed by atoms with Crippen LogP contribution in [0.25, 0.3) is 0 Å². The van der Waals surface area contributed by atoms with E-state index in [9.17, 15) is 5.11 Å². The minimum absolute atomic E-state index is 0.475. The van der Waals surface area contributed by atoms with Crippen molar-refractivity contribution in [1.82, 2.24) is 5.32 Å². The Bertz CT molecular complexity index is 327. The van der Waals surface area contributed by atoms with Crippen molar-refractivity contribution < 1.29 is 14.6 Å². The van der Waals surface area contributed by atoms with Gasteiger partial charge >= 0.3 is 0 Å². The fourth-order valence-corrected chi connectivity index (χ4v) is 1.52. The van der Waals surface area contributed by atoms with E-state index in [-0.39, 0.29) is 0 Å². The molecule has 0 aliphatic heterocycles. The van der Waals surface area contributed by atoms with Crippen LogP contribution in [0, 0.1) is 0 Å². The first kappa shape index (κ1) is 15.0. The number of nitrogens with one attached hydrogen (secondary N) is 1. The molecule has 0 saturated carbocycles. The van der Waals surface area contributed by atoms with Gasteiger partial charge in [-0.1, -0.05) is 18.2 Å². The van der Waals surface area contributed by atoms with Gasteiger partial charge in [-0.2, -0.15) is 0 Å². The summed E-state index contributed by atoms with van der Waals surface area (Å²) in [6, 6.07) is 9.52. The van der Waals surface area contributed by atoms with Crippen LogP contribution in [0.5, 0.6) is 5.75 Å². The van der Waals surface area contributed by atoms with Gasteiger partial charge in [-0.3, -0.25) is 0 Å². The molecule has 4 heteroatoms. The second-order valence-electron chi connectivity index (χ2n) is 4.73. The molecule has 4 nitrogen and oxygen atoms in total. The summed E-state index contributed by atoms with van der Waals surface area (Å²) in [5.41, 5.74) is -0.637. The number of hydrogen-bond donors (Lipinski definition) is 2. The average molecular weight is 253 g/mol. The molecule has 0 saturated heterocycles. The molecule has 0 radical (unpaired) electrons. The molecule has 0 amide bonds. The van der Waals surface area contributed by atoms with E-state index in [1.54, 1.807) is 7.11 Å². The third kappa shape index (κ3) is 5.04. The minimum atomic E-state index is -0.637. The highest BCUT2D eigenvalue weighted by Gasteiger charge is 2.29. The van der Waals surface area contributed by atoms with Crippen molar-refractivity contribution in [2.24, 2.45) is 0 Å².